The summed E-state index contributed by atoms with van der Waals surface area (Å²) in [7, 11) is 0. The number of pyridine rings is 1. The Hall–Kier alpha value is -2.11. The Morgan fingerprint density at radius 1 is 1.64 bits per heavy atom. The van der Waals surface area contributed by atoms with Gasteiger partial charge in [-0.1, -0.05) is 0 Å². The molecule has 0 aliphatic carbocycles. The van der Waals surface area contributed by atoms with Crippen LogP contribution >= 0.6 is 0 Å². The van der Waals surface area contributed by atoms with Gasteiger partial charge >= 0.3 is 6.29 Å². The van der Waals surface area contributed by atoms with E-state index in [0.29, 0.717) is 5.69 Å². The van der Waals surface area contributed by atoms with Crippen molar-refractivity contribution in [2.75, 3.05) is 4.90 Å². The molecule has 0 saturated carbocycles. The van der Waals surface area contributed by atoms with Crippen LogP contribution in [-0.4, -0.2) is 16.2 Å². The molecule has 1 aromatic heterocycles. The number of nitrogens with one attached hydrogen (secondary N) is 1. The summed E-state index contributed by atoms with van der Waals surface area (Å²) < 4.78 is 0. The minimum atomic E-state index is -0.931. The molecule has 1 aliphatic heterocycles. The van der Waals surface area contributed by atoms with E-state index in [-0.39, 0.29) is 0 Å². The molecule has 6 heteroatoms. The molecule has 14 heavy (non-hydrogen) atoms. The molecule has 72 valence electrons. The maximum absolute atomic E-state index is 10.6. The summed E-state index contributed by atoms with van der Waals surface area (Å²) in [4.78, 5) is 15.6. The fourth-order valence-corrected chi connectivity index (χ4v) is 1.27. The molecular weight excluding hydrogens is 184 g/mol. The van der Waals surface area contributed by atoms with Crippen LogP contribution in [0.15, 0.2) is 36.9 Å². The molecule has 0 radical (unpaired) electrons. The molecule has 1 unspecified atom stereocenters. The molecule has 1 aromatic rings. The molecule has 0 bridgehead atoms. The van der Waals surface area contributed by atoms with Gasteiger partial charge in [-0.15, -0.1) is 0 Å². The van der Waals surface area contributed by atoms with Crippen LogP contribution in [0, 0.1) is 10.1 Å². The summed E-state index contributed by atoms with van der Waals surface area (Å²) in [6, 6.07) is 3.50. The van der Waals surface area contributed by atoms with E-state index >= 15 is 0 Å². The highest BCUT2D eigenvalue weighted by molar-refractivity contribution is 5.48. The number of anilines is 1. The Balaban J connectivity index is 2.26. The van der Waals surface area contributed by atoms with Crippen molar-refractivity contribution in [1.29, 1.82) is 0 Å². The molecule has 2 heterocycles. The summed E-state index contributed by atoms with van der Waals surface area (Å²) in [6.07, 6.45) is 5.43. The zero-order chi connectivity index (χ0) is 9.97. The lowest BCUT2D eigenvalue weighted by Crippen LogP contribution is -2.42. The fraction of sp³-hybridized carbons (Fsp3) is 0.125. The molecule has 2 rings (SSSR count). The molecule has 0 spiro atoms. The molecule has 0 amide bonds. The quantitative estimate of drug-likeness (QED) is 0.546. The lowest BCUT2D eigenvalue weighted by atomic mass is 10.4. The summed E-state index contributed by atoms with van der Waals surface area (Å²) in [5.74, 6) is 0. The maximum Gasteiger partial charge on any atom is 0.369 e. The first kappa shape index (κ1) is 8.49. The molecule has 0 aromatic carbocycles. The van der Waals surface area contributed by atoms with E-state index in [1.54, 1.807) is 36.9 Å². The van der Waals surface area contributed by atoms with E-state index in [0.717, 1.165) is 0 Å². The molecule has 1 atom stereocenters. The average Bonchev–Trinajstić information content (AvgIpc) is 2.67. The van der Waals surface area contributed by atoms with Crippen LogP contribution in [0.25, 0.3) is 0 Å². The molecule has 0 fully saturated rings. The third-order valence-corrected chi connectivity index (χ3v) is 1.89. The monoisotopic (exact) mass is 192 g/mol. The van der Waals surface area contributed by atoms with Gasteiger partial charge in [0.25, 0.3) is 0 Å². The van der Waals surface area contributed by atoms with Crippen LogP contribution < -0.4 is 10.2 Å². The van der Waals surface area contributed by atoms with Crippen molar-refractivity contribution in [3.63, 3.8) is 0 Å². The van der Waals surface area contributed by atoms with Crippen molar-refractivity contribution in [1.82, 2.24) is 10.3 Å². The van der Waals surface area contributed by atoms with Gasteiger partial charge in [0.1, 0.15) is 0 Å². The van der Waals surface area contributed by atoms with Crippen LogP contribution in [0.3, 0.4) is 0 Å². The van der Waals surface area contributed by atoms with Crippen molar-refractivity contribution in [3.8, 4) is 0 Å². The van der Waals surface area contributed by atoms with Gasteiger partial charge in [0, 0.05) is 18.6 Å². The maximum atomic E-state index is 10.6. The standard InChI is InChI=1S/C8H8N4O2/c13-12(14)8-10-4-5-11(8)7-2-1-3-9-6-7/h1-6,8,10H. The van der Waals surface area contributed by atoms with Crippen molar-refractivity contribution in [2.24, 2.45) is 0 Å². The van der Waals surface area contributed by atoms with Crippen LogP contribution in [0.2, 0.25) is 0 Å². The van der Waals surface area contributed by atoms with Crippen LogP contribution in [-0.2, 0) is 0 Å². The second kappa shape index (κ2) is 3.33. The zero-order valence-corrected chi connectivity index (χ0v) is 7.20. The highest BCUT2D eigenvalue weighted by Gasteiger charge is 2.29. The summed E-state index contributed by atoms with van der Waals surface area (Å²) in [6.45, 7) is 0. The Morgan fingerprint density at radius 3 is 3.14 bits per heavy atom. The SMILES string of the molecule is O=[N+]([O-])C1NC=CN1c1cccnc1. The predicted molar refractivity (Wildman–Crippen MR) is 49.8 cm³/mol. The summed E-state index contributed by atoms with van der Waals surface area (Å²) in [5, 5.41) is 13.2. The molecule has 1 aliphatic rings. The van der Waals surface area contributed by atoms with E-state index in [1.165, 1.54) is 4.90 Å². The van der Waals surface area contributed by atoms with Gasteiger partial charge in [0.2, 0.25) is 0 Å². The smallest absolute Gasteiger partial charge is 0.310 e. The van der Waals surface area contributed by atoms with E-state index in [9.17, 15) is 10.1 Å². The number of hydrogen-bond acceptors (Lipinski definition) is 5. The largest absolute Gasteiger partial charge is 0.369 e. The van der Waals surface area contributed by atoms with Gasteiger partial charge in [0.15, 0.2) is 0 Å². The van der Waals surface area contributed by atoms with E-state index in [1.807, 2.05) is 0 Å². The van der Waals surface area contributed by atoms with E-state index in [2.05, 4.69) is 10.3 Å². The molecule has 6 nitrogen and oxygen atoms in total. The zero-order valence-electron chi connectivity index (χ0n) is 7.20. The second-order valence-corrected chi connectivity index (χ2v) is 2.76. The first-order valence-electron chi connectivity index (χ1n) is 4.03. The minimum Gasteiger partial charge on any atom is -0.310 e. The molecule has 0 saturated heterocycles. The second-order valence-electron chi connectivity index (χ2n) is 2.76. The van der Waals surface area contributed by atoms with Gasteiger partial charge in [-0.25, -0.2) is 0 Å². The van der Waals surface area contributed by atoms with Gasteiger partial charge in [0.05, 0.1) is 16.8 Å². The Bertz CT molecular complexity index is 365. The lowest BCUT2D eigenvalue weighted by molar-refractivity contribution is -0.523. The number of nitrogens with zero attached hydrogens (tertiary/aromatic N) is 3. The third-order valence-electron chi connectivity index (χ3n) is 1.89. The van der Waals surface area contributed by atoms with E-state index in [4.69, 9.17) is 0 Å². The van der Waals surface area contributed by atoms with Gasteiger partial charge in [-0.05, 0) is 12.1 Å². The highest BCUT2D eigenvalue weighted by Crippen LogP contribution is 2.17. The van der Waals surface area contributed by atoms with Gasteiger partial charge < -0.3 is 5.32 Å². The van der Waals surface area contributed by atoms with Gasteiger partial charge in [-0.3, -0.25) is 20.0 Å². The summed E-state index contributed by atoms with van der Waals surface area (Å²) >= 11 is 0. The lowest BCUT2D eigenvalue weighted by Gasteiger charge is -2.17. The van der Waals surface area contributed by atoms with Crippen molar-refractivity contribution >= 4 is 5.69 Å². The minimum absolute atomic E-state index is 0.396. The van der Waals surface area contributed by atoms with Crippen LogP contribution in [0.5, 0.6) is 0 Å². The molecule has 1 N–H and O–H groups in total. The highest BCUT2D eigenvalue weighted by atomic mass is 16.6. The Morgan fingerprint density at radius 2 is 2.50 bits per heavy atom. The molecular formula is C8H8N4O2. The number of rotatable bonds is 2. The topological polar surface area (TPSA) is 71.3 Å². The Labute approximate surface area is 80.0 Å². The average molecular weight is 192 g/mol. The first-order chi connectivity index (χ1) is 6.79. The van der Waals surface area contributed by atoms with Crippen molar-refractivity contribution in [2.45, 2.75) is 6.29 Å². The predicted octanol–water partition coefficient (Wildman–Crippen LogP) is 0.523. The van der Waals surface area contributed by atoms with Crippen molar-refractivity contribution < 1.29 is 4.92 Å². The first-order valence-corrected chi connectivity index (χ1v) is 4.03. The van der Waals surface area contributed by atoms with Crippen LogP contribution in [0.1, 0.15) is 0 Å². The van der Waals surface area contributed by atoms with Gasteiger partial charge in [-0.2, -0.15) is 0 Å². The summed E-state index contributed by atoms with van der Waals surface area (Å²) in [5.41, 5.74) is 0.690. The number of aromatic nitrogens is 1. The van der Waals surface area contributed by atoms with Crippen LogP contribution in [0.4, 0.5) is 5.69 Å². The third kappa shape index (κ3) is 1.37. The van der Waals surface area contributed by atoms with E-state index < -0.39 is 11.2 Å². The normalized spacial score (nSPS) is 19.4. The number of hydrogen-bond donors (Lipinski definition) is 1. The Kier molecular flexibility index (Phi) is 2.02. The number of nitro groups is 1. The van der Waals surface area contributed by atoms with Crippen molar-refractivity contribution in [3.05, 3.63) is 47.0 Å². The fourth-order valence-electron chi connectivity index (χ4n) is 1.27.